The number of alkyl halides is 1. The van der Waals surface area contributed by atoms with Gasteiger partial charge in [-0.3, -0.25) is 4.79 Å². The van der Waals surface area contributed by atoms with Crippen molar-refractivity contribution in [1.29, 1.82) is 0 Å². The van der Waals surface area contributed by atoms with Gasteiger partial charge in [0.15, 0.2) is 0 Å². The second kappa shape index (κ2) is 5.70. The molecule has 0 aromatic rings. The van der Waals surface area contributed by atoms with Crippen molar-refractivity contribution in [2.45, 2.75) is 20.3 Å². The van der Waals surface area contributed by atoms with E-state index in [-0.39, 0.29) is 17.5 Å². The zero-order valence-electron chi connectivity index (χ0n) is 9.34. The standard InChI is InChI=1S/C9H18ClNO3S/c1-9(2,7-10)8(12)11-5-4-6-15(3,13)14/h4-7H2,1-3H3,(H,11,12). The molecule has 0 fully saturated rings. The van der Waals surface area contributed by atoms with Crippen LogP contribution in [0.3, 0.4) is 0 Å². The van der Waals surface area contributed by atoms with E-state index in [0.29, 0.717) is 13.0 Å². The van der Waals surface area contributed by atoms with Gasteiger partial charge in [0.05, 0.1) is 11.2 Å². The zero-order chi connectivity index (χ0) is 12.1. The van der Waals surface area contributed by atoms with Crippen LogP contribution < -0.4 is 5.32 Å². The second-order valence-corrected chi connectivity index (χ2v) is 6.78. The van der Waals surface area contributed by atoms with Gasteiger partial charge in [-0.25, -0.2) is 8.42 Å². The summed E-state index contributed by atoms with van der Waals surface area (Å²) >= 11 is 5.62. The third kappa shape index (κ3) is 6.73. The first-order valence-electron chi connectivity index (χ1n) is 4.71. The minimum absolute atomic E-state index is 0.0918. The molecule has 0 aliphatic rings. The number of nitrogens with one attached hydrogen (secondary N) is 1. The average Bonchev–Trinajstić information content (AvgIpc) is 2.10. The van der Waals surface area contributed by atoms with Gasteiger partial charge in [0, 0.05) is 18.7 Å². The van der Waals surface area contributed by atoms with Crippen molar-refractivity contribution in [3.63, 3.8) is 0 Å². The fraction of sp³-hybridized carbons (Fsp3) is 0.889. The van der Waals surface area contributed by atoms with E-state index in [4.69, 9.17) is 11.6 Å². The van der Waals surface area contributed by atoms with Gasteiger partial charge in [-0.2, -0.15) is 0 Å². The Balaban J connectivity index is 3.84. The van der Waals surface area contributed by atoms with Crippen LogP contribution in [0.5, 0.6) is 0 Å². The fourth-order valence-corrected chi connectivity index (χ4v) is 1.63. The van der Waals surface area contributed by atoms with E-state index in [1.54, 1.807) is 13.8 Å². The van der Waals surface area contributed by atoms with Crippen LogP contribution in [-0.2, 0) is 14.6 Å². The van der Waals surface area contributed by atoms with E-state index in [1.165, 1.54) is 6.26 Å². The number of rotatable bonds is 6. The second-order valence-electron chi connectivity index (χ2n) is 4.26. The molecule has 1 amide bonds. The van der Waals surface area contributed by atoms with Gasteiger partial charge in [-0.15, -0.1) is 11.6 Å². The van der Waals surface area contributed by atoms with Gasteiger partial charge in [0.1, 0.15) is 9.84 Å². The molecule has 1 N–H and O–H groups in total. The molecule has 0 saturated carbocycles. The third-order valence-corrected chi connectivity index (χ3v) is 3.62. The van der Waals surface area contributed by atoms with Crippen LogP contribution in [0.2, 0.25) is 0 Å². The highest BCUT2D eigenvalue weighted by molar-refractivity contribution is 7.90. The molecule has 0 spiro atoms. The minimum atomic E-state index is -2.94. The molecule has 0 aromatic heterocycles. The molecular weight excluding hydrogens is 238 g/mol. The summed E-state index contributed by atoms with van der Waals surface area (Å²) in [6.07, 6.45) is 1.61. The van der Waals surface area contributed by atoms with Crippen molar-refractivity contribution >= 4 is 27.3 Å². The Morgan fingerprint density at radius 3 is 2.33 bits per heavy atom. The highest BCUT2D eigenvalue weighted by Crippen LogP contribution is 2.16. The van der Waals surface area contributed by atoms with Crippen molar-refractivity contribution in [1.82, 2.24) is 5.32 Å². The van der Waals surface area contributed by atoms with Gasteiger partial charge in [0.2, 0.25) is 5.91 Å². The van der Waals surface area contributed by atoms with Crippen molar-refractivity contribution in [3.05, 3.63) is 0 Å². The first-order valence-corrected chi connectivity index (χ1v) is 7.30. The van der Waals surface area contributed by atoms with Crippen molar-refractivity contribution in [2.75, 3.05) is 24.4 Å². The van der Waals surface area contributed by atoms with Gasteiger partial charge in [-0.05, 0) is 20.3 Å². The lowest BCUT2D eigenvalue weighted by Gasteiger charge is -2.20. The minimum Gasteiger partial charge on any atom is -0.356 e. The van der Waals surface area contributed by atoms with Crippen LogP contribution in [-0.4, -0.2) is 38.8 Å². The Bertz CT molecular complexity index is 311. The SMILES string of the molecule is CC(C)(CCl)C(=O)NCCCS(C)(=O)=O. The van der Waals surface area contributed by atoms with Crippen molar-refractivity contribution < 1.29 is 13.2 Å². The average molecular weight is 256 g/mol. The quantitative estimate of drug-likeness (QED) is 0.564. The maximum atomic E-state index is 11.5. The summed E-state index contributed by atoms with van der Waals surface area (Å²) < 4.78 is 21.6. The Morgan fingerprint density at radius 2 is 1.93 bits per heavy atom. The van der Waals surface area contributed by atoms with Crippen molar-refractivity contribution in [2.24, 2.45) is 5.41 Å². The summed E-state index contributed by atoms with van der Waals surface area (Å²) in [6.45, 7) is 3.85. The van der Waals surface area contributed by atoms with Crippen LogP contribution in [0.15, 0.2) is 0 Å². The maximum absolute atomic E-state index is 11.5. The lowest BCUT2D eigenvalue weighted by atomic mass is 9.95. The fourth-order valence-electron chi connectivity index (χ4n) is 0.836. The van der Waals surface area contributed by atoms with Crippen LogP contribution in [0, 0.1) is 5.41 Å². The summed E-state index contributed by atoms with van der Waals surface area (Å²) in [6, 6.07) is 0. The number of hydrogen-bond acceptors (Lipinski definition) is 3. The third-order valence-electron chi connectivity index (χ3n) is 1.93. The highest BCUT2D eigenvalue weighted by atomic mass is 35.5. The molecule has 0 aromatic carbocycles. The lowest BCUT2D eigenvalue weighted by Crippen LogP contribution is -2.38. The van der Waals surface area contributed by atoms with Crippen LogP contribution in [0.4, 0.5) is 0 Å². The Morgan fingerprint density at radius 1 is 1.40 bits per heavy atom. The Hall–Kier alpha value is -0.290. The molecule has 0 unspecified atom stereocenters. The molecule has 0 heterocycles. The van der Waals surface area contributed by atoms with Crippen LogP contribution >= 0.6 is 11.6 Å². The summed E-state index contributed by atoms with van der Waals surface area (Å²) in [5.74, 6) is 0.186. The van der Waals surface area contributed by atoms with E-state index in [9.17, 15) is 13.2 Å². The molecule has 90 valence electrons. The molecular formula is C9H18ClNO3S. The molecule has 0 bridgehead atoms. The first kappa shape index (κ1) is 14.7. The lowest BCUT2D eigenvalue weighted by molar-refractivity contribution is -0.128. The van der Waals surface area contributed by atoms with Gasteiger partial charge >= 0.3 is 0 Å². The molecule has 6 heteroatoms. The zero-order valence-corrected chi connectivity index (χ0v) is 10.9. The number of sulfone groups is 1. The number of carbonyl (C=O) groups is 1. The number of carbonyl (C=O) groups excluding carboxylic acids is 1. The molecule has 0 atom stereocenters. The Labute approximate surface area is 96.3 Å². The predicted molar refractivity (Wildman–Crippen MR) is 61.8 cm³/mol. The maximum Gasteiger partial charge on any atom is 0.226 e. The summed E-state index contributed by atoms with van der Waals surface area (Å²) in [7, 11) is -2.94. The van der Waals surface area contributed by atoms with E-state index in [1.807, 2.05) is 0 Å². The van der Waals surface area contributed by atoms with E-state index in [0.717, 1.165) is 0 Å². The van der Waals surface area contributed by atoms with Gasteiger partial charge in [0.25, 0.3) is 0 Å². The number of amides is 1. The Kier molecular flexibility index (Phi) is 5.59. The van der Waals surface area contributed by atoms with Crippen molar-refractivity contribution in [3.8, 4) is 0 Å². The van der Waals surface area contributed by atoms with E-state index in [2.05, 4.69) is 5.32 Å². The first-order chi connectivity index (χ1) is 6.69. The molecule has 0 radical (unpaired) electrons. The van der Waals surface area contributed by atoms with Gasteiger partial charge < -0.3 is 5.32 Å². The molecule has 0 aliphatic carbocycles. The smallest absolute Gasteiger partial charge is 0.226 e. The topological polar surface area (TPSA) is 63.2 Å². The number of halogens is 1. The summed E-state index contributed by atoms with van der Waals surface area (Å²) in [5.41, 5.74) is -0.605. The summed E-state index contributed by atoms with van der Waals surface area (Å²) in [5, 5.41) is 2.66. The molecule has 0 aliphatic heterocycles. The molecule has 0 rings (SSSR count). The molecule has 0 saturated heterocycles. The van der Waals surface area contributed by atoms with E-state index >= 15 is 0 Å². The molecule has 4 nitrogen and oxygen atoms in total. The highest BCUT2D eigenvalue weighted by Gasteiger charge is 2.25. The molecule has 15 heavy (non-hydrogen) atoms. The monoisotopic (exact) mass is 255 g/mol. The van der Waals surface area contributed by atoms with Crippen LogP contribution in [0.1, 0.15) is 20.3 Å². The van der Waals surface area contributed by atoms with Crippen LogP contribution in [0.25, 0.3) is 0 Å². The largest absolute Gasteiger partial charge is 0.356 e. The summed E-state index contributed by atoms with van der Waals surface area (Å²) in [4.78, 5) is 11.5. The van der Waals surface area contributed by atoms with E-state index < -0.39 is 15.3 Å². The van der Waals surface area contributed by atoms with Gasteiger partial charge in [-0.1, -0.05) is 0 Å². The predicted octanol–water partition coefficient (Wildman–Crippen LogP) is 0.802. The normalized spacial score (nSPS) is 12.5. The number of hydrogen-bond donors (Lipinski definition) is 1.